The third kappa shape index (κ3) is 2.71. The van der Waals surface area contributed by atoms with Crippen LogP contribution >= 0.6 is 0 Å². The van der Waals surface area contributed by atoms with E-state index in [1.807, 2.05) is 13.8 Å². The molecule has 0 radical (unpaired) electrons. The second kappa shape index (κ2) is 5.35. The Kier molecular flexibility index (Phi) is 4.39. The van der Waals surface area contributed by atoms with Gasteiger partial charge in [-0.15, -0.1) is 0 Å². The van der Waals surface area contributed by atoms with Crippen LogP contribution in [0.2, 0.25) is 0 Å². The molecule has 0 saturated heterocycles. The van der Waals surface area contributed by atoms with Crippen molar-refractivity contribution in [2.45, 2.75) is 45.6 Å². The summed E-state index contributed by atoms with van der Waals surface area (Å²) in [6.45, 7) is 4.71. The van der Waals surface area contributed by atoms with Crippen LogP contribution in [0.25, 0.3) is 0 Å². The van der Waals surface area contributed by atoms with E-state index in [1.165, 1.54) is 12.8 Å². The molecule has 0 spiro atoms. The van der Waals surface area contributed by atoms with E-state index < -0.39 is 0 Å². The van der Waals surface area contributed by atoms with E-state index in [2.05, 4.69) is 5.32 Å². The highest BCUT2D eigenvalue weighted by atomic mass is 16.1. The maximum absolute atomic E-state index is 11.6. The van der Waals surface area contributed by atoms with Gasteiger partial charge in [-0.2, -0.15) is 0 Å². The first-order valence-electron chi connectivity index (χ1n) is 5.69. The summed E-state index contributed by atoms with van der Waals surface area (Å²) in [7, 11) is 0. The van der Waals surface area contributed by atoms with Crippen molar-refractivity contribution in [1.29, 1.82) is 0 Å². The van der Waals surface area contributed by atoms with Gasteiger partial charge in [-0.25, -0.2) is 0 Å². The van der Waals surface area contributed by atoms with Gasteiger partial charge in [-0.1, -0.05) is 20.3 Å². The van der Waals surface area contributed by atoms with E-state index in [-0.39, 0.29) is 11.8 Å². The molecule has 1 fully saturated rings. The van der Waals surface area contributed by atoms with Crippen molar-refractivity contribution in [3.05, 3.63) is 0 Å². The van der Waals surface area contributed by atoms with Crippen molar-refractivity contribution in [3.8, 4) is 0 Å². The molecule has 82 valence electrons. The van der Waals surface area contributed by atoms with Gasteiger partial charge in [0.1, 0.15) is 0 Å². The molecule has 1 saturated carbocycles. The zero-order valence-corrected chi connectivity index (χ0v) is 9.25. The van der Waals surface area contributed by atoms with Crippen LogP contribution in [0.4, 0.5) is 0 Å². The number of nitrogens with two attached hydrogens (primary N) is 1. The van der Waals surface area contributed by atoms with Crippen molar-refractivity contribution in [1.82, 2.24) is 5.32 Å². The van der Waals surface area contributed by atoms with E-state index >= 15 is 0 Å². The summed E-state index contributed by atoms with van der Waals surface area (Å²) in [5.41, 5.74) is 5.66. The van der Waals surface area contributed by atoms with E-state index in [9.17, 15) is 4.79 Å². The third-order valence-electron chi connectivity index (χ3n) is 3.35. The number of rotatable bonds is 4. The molecule has 1 aliphatic rings. The quantitative estimate of drug-likeness (QED) is 0.715. The average molecular weight is 198 g/mol. The third-order valence-corrected chi connectivity index (χ3v) is 3.35. The molecule has 0 aliphatic heterocycles. The number of hydrogen-bond donors (Lipinski definition) is 2. The summed E-state index contributed by atoms with van der Waals surface area (Å²) in [5.74, 6) is 0.829. The summed E-state index contributed by atoms with van der Waals surface area (Å²) in [6.07, 6.45) is 4.38. The summed E-state index contributed by atoms with van der Waals surface area (Å²) >= 11 is 0. The lowest BCUT2D eigenvalue weighted by Gasteiger charge is -2.21. The largest absolute Gasteiger partial charge is 0.353 e. The lowest BCUT2D eigenvalue weighted by Crippen LogP contribution is -2.42. The van der Waals surface area contributed by atoms with E-state index in [0.29, 0.717) is 18.5 Å². The molecule has 14 heavy (non-hydrogen) atoms. The first kappa shape index (κ1) is 11.5. The highest BCUT2D eigenvalue weighted by molar-refractivity contribution is 5.78. The van der Waals surface area contributed by atoms with Crippen LogP contribution < -0.4 is 11.1 Å². The normalized spacial score (nSPS) is 28.8. The summed E-state index contributed by atoms with van der Waals surface area (Å²) in [4.78, 5) is 11.6. The highest BCUT2D eigenvalue weighted by Gasteiger charge is 2.28. The molecule has 0 heterocycles. The maximum atomic E-state index is 11.6. The molecule has 3 heteroatoms. The van der Waals surface area contributed by atoms with Gasteiger partial charge in [-0.3, -0.25) is 4.79 Å². The summed E-state index contributed by atoms with van der Waals surface area (Å²) < 4.78 is 0. The predicted molar refractivity (Wildman–Crippen MR) is 57.8 cm³/mol. The Labute approximate surface area is 86.4 Å². The Morgan fingerprint density at radius 3 is 2.86 bits per heavy atom. The minimum atomic E-state index is 0.133. The molecule has 0 bridgehead atoms. The number of hydrogen-bond acceptors (Lipinski definition) is 2. The van der Waals surface area contributed by atoms with Crippen LogP contribution in [0.3, 0.4) is 0 Å². The standard InChI is InChI=1S/C11H22N2O/c1-3-8(2)11(14)13-10-6-4-5-9(10)7-12/h8-10H,3-7,12H2,1-2H3,(H,13,14). The van der Waals surface area contributed by atoms with Gasteiger partial charge < -0.3 is 11.1 Å². The topological polar surface area (TPSA) is 55.1 Å². The molecule has 0 aromatic heterocycles. The minimum Gasteiger partial charge on any atom is -0.353 e. The smallest absolute Gasteiger partial charge is 0.223 e. The molecule has 1 rings (SSSR count). The monoisotopic (exact) mass is 198 g/mol. The SMILES string of the molecule is CCC(C)C(=O)NC1CCCC1CN. The Balaban J connectivity index is 2.39. The van der Waals surface area contributed by atoms with Crippen molar-refractivity contribution >= 4 is 5.91 Å². The molecule has 1 aliphatic carbocycles. The minimum absolute atomic E-state index is 0.133. The van der Waals surface area contributed by atoms with Crippen LogP contribution in [-0.2, 0) is 4.79 Å². The van der Waals surface area contributed by atoms with Gasteiger partial charge in [-0.05, 0) is 31.7 Å². The molecule has 3 N–H and O–H groups in total. The number of nitrogens with one attached hydrogen (secondary N) is 1. The first-order valence-corrected chi connectivity index (χ1v) is 5.69. The van der Waals surface area contributed by atoms with Crippen molar-refractivity contribution < 1.29 is 4.79 Å². The molecular weight excluding hydrogens is 176 g/mol. The highest BCUT2D eigenvalue weighted by Crippen LogP contribution is 2.24. The van der Waals surface area contributed by atoms with Gasteiger partial charge in [0, 0.05) is 12.0 Å². The van der Waals surface area contributed by atoms with Crippen LogP contribution in [0.1, 0.15) is 39.5 Å². The van der Waals surface area contributed by atoms with Crippen molar-refractivity contribution in [2.75, 3.05) is 6.54 Å². The second-order valence-electron chi connectivity index (χ2n) is 4.35. The van der Waals surface area contributed by atoms with Gasteiger partial charge in [0.05, 0.1) is 0 Å². The van der Waals surface area contributed by atoms with Gasteiger partial charge in [0.15, 0.2) is 0 Å². The first-order chi connectivity index (χ1) is 6.69. The zero-order chi connectivity index (χ0) is 10.6. The van der Waals surface area contributed by atoms with Crippen molar-refractivity contribution in [3.63, 3.8) is 0 Å². The lowest BCUT2D eigenvalue weighted by atomic mass is 10.0. The Morgan fingerprint density at radius 2 is 2.29 bits per heavy atom. The lowest BCUT2D eigenvalue weighted by molar-refractivity contribution is -0.125. The Hall–Kier alpha value is -0.570. The number of carbonyl (C=O) groups excluding carboxylic acids is 1. The van der Waals surface area contributed by atoms with Gasteiger partial charge in [0.2, 0.25) is 5.91 Å². The predicted octanol–water partition coefficient (Wildman–Crippen LogP) is 1.28. The molecule has 0 aromatic rings. The van der Waals surface area contributed by atoms with E-state index in [4.69, 9.17) is 5.73 Å². The van der Waals surface area contributed by atoms with Gasteiger partial charge in [0.25, 0.3) is 0 Å². The van der Waals surface area contributed by atoms with Crippen molar-refractivity contribution in [2.24, 2.45) is 17.6 Å². The fourth-order valence-corrected chi connectivity index (χ4v) is 2.02. The number of amides is 1. The Morgan fingerprint density at radius 1 is 1.57 bits per heavy atom. The summed E-state index contributed by atoms with van der Waals surface area (Å²) in [5, 5.41) is 3.11. The van der Waals surface area contributed by atoms with Crippen LogP contribution in [-0.4, -0.2) is 18.5 Å². The Bertz CT molecular complexity index is 194. The molecular formula is C11H22N2O. The van der Waals surface area contributed by atoms with Crippen LogP contribution in [0.15, 0.2) is 0 Å². The average Bonchev–Trinajstić information content (AvgIpc) is 2.63. The fourth-order valence-electron chi connectivity index (χ4n) is 2.02. The molecule has 3 unspecified atom stereocenters. The second-order valence-corrected chi connectivity index (χ2v) is 4.35. The summed E-state index contributed by atoms with van der Waals surface area (Å²) in [6, 6.07) is 0.335. The van der Waals surface area contributed by atoms with E-state index in [0.717, 1.165) is 12.8 Å². The molecule has 1 amide bonds. The molecule has 3 atom stereocenters. The van der Waals surface area contributed by atoms with Gasteiger partial charge >= 0.3 is 0 Å². The zero-order valence-electron chi connectivity index (χ0n) is 9.25. The van der Waals surface area contributed by atoms with Crippen LogP contribution in [0, 0.1) is 11.8 Å². The fraction of sp³-hybridized carbons (Fsp3) is 0.909. The molecule has 3 nitrogen and oxygen atoms in total. The molecule has 0 aromatic carbocycles. The van der Waals surface area contributed by atoms with Crippen LogP contribution in [0.5, 0.6) is 0 Å². The maximum Gasteiger partial charge on any atom is 0.223 e. The van der Waals surface area contributed by atoms with E-state index in [1.54, 1.807) is 0 Å². The number of carbonyl (C=O) groups is 1.